The molecule has 0 unspecified atom stereocenters. The smallest absolute Gasteiger partial charge is 0.212 e. The zero-order valence-electron chi connectivity index (χ0n) is 13.6. The lowest BCUT2D eigenvalue weighted by atomic mass is 9.89. The molecule has 23 heavy (non-hydrogen) atoms. The fourth-order valence-corrected chi connectivity index (χ4v) is 3.26. The van der Waals surface area contributed by atoms with Gasteiger partial charge in [-0.05, 0) is 24.2 Å². The van der Waals surface area contributed by atoms with E-state index in [-0.39, 0.29) is 6.04 Å². The fraction of sp³-hybridized carbons (Fsp3) is 0.368. The van der Waals surface area contributed by atoms with Gasteiger partial charge in [0.1, 0.15) is 5.75 Å². The summed E-state index contributed by atoms with van der Waals surface area (Å²) in [6, 6.07) is 17.2. The Morgan fingerprint density at radius 2 is 1.87 bits per heavy atom. The van der Waals surface area contributed by atoms with Crippen LogP contribution in [0.15, 0.2) is 54.6 Å². The first-order chi connectivity index (χ1) is 11.2. The number of methoxy groups -OCH3 is 1. The van der Waals surface area contributed by atoms with Crippen molar-refractivity contribution >= 4 is 0 Å². The van der Waals surface area contributed by atoms with Crippen LogP contribution in [0.5, 0.6) is 5.75 Å². The summed E-state index contributed by atoms with van der Waals surface area (Å²) < 4.78 is 11.1. The first kappa shape index (κ1) is 16.0. The van der Waals surface area contributed by atoms with Gasteiger partial charge in [0.25, 0.3) is 0 Å². The van der Waals surface area contributed by atoms with Gasteiger partial charge in [0, 0.05) is 12.1 Å². The van der Waals surface area contributed by atoms with Crippen LogP contribution in [0.25, 0.3) is 0 Å². The SMILES string of the molecule is CCN1CCO[C@@](O)(c2ccccc2)[C@H]1c1ccc(OC)cc1. The number of rotatable bonds is 4. The molecule has 0 radical (unpaired) electrons. The van der Waals surface area contributed by atoms with Crippen molar-refractivity contribution in [2.75, 3.05) is 26.8 Å². The summed E-state index contributed by atoms with van der Waals surface area (Å²) >= 11 is 0. The highest BCUT2D eigenvalue weighted by Gasteiger charge is 2.46. The van der Waals surface area contributed by atoms with Crippen molar-refractivity contribution in [3.05, 3.63) is 65.7 Å². The third kappa shape index (κ3) is 2.98. The van der Waals surface area contributed by atoms with E-state index in [1.807, 2.05) is 54.6 Å². The van der Waals surface area contributed by atoms with Crippen molar-refractivity contribution in [2.45, 2.75) is 18.8 Å². The summed E-state index contributed by atoms with van der Waals surface area (Å²) in [6.07, 6.45) is 0. The van der Waals surface area contributed by atoms with Gasteiger partial charge in [0.05, 0.1) is 19.8 Å². The highest BCUT2D eigenvalue weighted by molar-refractivity contribution is 5.33. The molecule has 2 aromatic carbocycles. The molecule has 1 heterocycles. The second-order valence-electron chi connectivity index (χ2n) is 5.72. The Morgan fingerprint density at radius 1 is 1.17 bits per heavy atom. The van der Waals surface area contributed by atoms with Crippen molar-refractivity contribution in [2.24, 2.45) is 0 Å². The third-order valence-corrected chi connectivity index (χ3v) is 4.46. The van der Waals surface area contributed by atoms with Gasteiger partial charge in [0.2, 0.25) is 5.79 Å². The van der Waals surface area contributed by atoms with Crippen LogP contribution in [-0.2, 0) is 10.5 Å². The second-order valence-corrected chi connectivity index (χ2v) is 5.72. The summed E-state index contributed by atoms with van der Waals surface area (Å²) in [5, 5.41) is 11.4. The zero-order valence-corrected chi connectivity index (χ0v) is 13.6. The topological polar surface area (TPSA) is 41.9 Å². The van der Waals surface area contributed by atoms with E-state index >= 15 is 0 Å². The van der Waals surface area contributed by atoms with E-state index in [1.165, 1.54) is 0 Å². The highest BCUT2D eigenvalue weighted by Crippen LogP contribution is 2.43. The minimum Gasteiger partial charge on any atom is -0.497 e. The summed E-state index contributed by atoms with van der Waals surface area (Å²) in [4.78, 5) is 2.25. The molecular weight excluding hydrogens is 290 g/mol. The molecule has 2 aromatic rings. The standard InChI is InChI=1S/C19H23NO3/c1-3-20-13-14-23-19(21,16-7-5-4-6-8-16)18(20)15-9-11-17(22-2)12-10-15/h4-12,18,21H,3,13-14H2,1-2H3/t18-,19+/m1/s1. The monoisotopic (exact) mass is 313 g/mol. The molecule has 0 aromatic heterocycles. The lowest BCUT2D eigenvalue weighted by molar-refractivity contribution is -0.281. The summed E-state index contributed by atoms with van der Waals surface area (Å²) in [5.41, 5.74) is 1.79. The van der Waals surface area contributed by atoms with Gasteiger partial charge in [-0.15, -0.1) is 0 Å². The van der Waals surface area contributed by atoms with Crippen LogP contribution in [0.3, 0.4) is 0 Å². The van der Waals surface area contributed by atoms with Crippen LogP contribution in [-0.4, -0.2) is 36.8 Å². The normalized spacial score (nSPS) is 25.3. The van der Waals surface area contributed by atoms with Crippen molar-refractivity contribution in [3.8, 4) is 5.75 Å². The largest absolute Gasteiger partial charge is 0.497 e. The predicted octanol–water partition coefficient (Wildman–Crippen LogP) is 2.93. The van der Waals surface area contributed by atoms with Gasteiger partial charge >= 0.3 is 0 Å². The number of likely N-dealkylation sites (N-methyl/N-ethyl adjacent to an activating group) is 1. The van der Waals surface area contributed by atoms with Gasteiger partial charge in [-0.2, -0.15) is 0 Å². The Kier molecular flexibility index (Phi) is 4.66. The van der Waals surface area contributed by atoms with Crippen molar-refractivity contribution < 1.29 is 14.6 Å². The number of ether oxygens (including phenoxy) is 2. The molecule has 1 N–H and O–H groups in total. The van der Waals surface area contributed by atoms with Crippen LogP contribution >= 0.6 is 0 Å². The number of hydrogen-bond acceptors (Lipinski definition) is 4. The Bertz CT molecular complexity index is 629. The van der Waals surface area contributed by atoms with E-state index in [0.717, 1.165) is 30.0 Å². The Labute approximate surface area is 137 Å². The Morgan fingerprint density at radius 3 is 2.48 bits per heavy atom. The van der Waals surface area contributed by atoms with Crippen LogP contribution in [0.2, 0.25) is 0 Å². The molecule has 0 saturated carbocycles. The summed E-state index contributed by atoms with van der Waals surface area (Å²) in [5.74, 6) is -0.554. The maximum atomic E-state index is 11.4. The minimum atomic E-state index is -1.36. The van der Waals surface area contributed by atoms with E-state index in [9.17, 15) is 5.11 Å². The van der Waals surface area contributed by atoms with Crippen molar-refractivity contribution in [1.29, 1.82) is 0 Å². The molecule has 1 saturated heterocycles. The number of nitrogens with zero attached hydrogens (tertiary/aromatic N) is 1. The fourth-order valence-electron chi connectivity index (χ4n) is 3.26. The molecule has 0 bridgehead atoms. The van der Waals surface area contributed by atoms with Crippen molar-refractivity contribution in [3.63, 3.8) is 0 Å². The molecule has 1 fully saturated rings. The van der Waals surface area contributed by atoms with Gasteiger partial charge < -0.3 is 14.6 Å². The molecule has 1 aliphatic rings. The van der Waals surface area contributed by atoms with Gasteiger partial charge in [-0.3, -0.25) is 4.90 Å². The maximum Gasteiger partial charge on any atom is 0.212 e. The minimum absolute atomic E-state index is 0.255. The quantitative estimate of drug-likeness (QED) is 0.942. The van der Waals surface area contributed by atoms with Gasteiger partial charge in [-0.1, -0.05) is 49.4 Å². The Balaban J connectivity index is 2.05. The molecule has 4 heteroatoms. The van der Waals surface area contributed by atoms with Crippen LogP contribution in [0.4, 0.5) is 0 Å². The van der Waals surface area contributed by atoms with Crippen LogP contribution in [0, 0.1) is 0 Å². The molecule has 0 spiro atoms. The van der Waals surface area contributed by atoms with Gasteiger partial charge in [0.15, 0.2) is 0 Å². The number of benzene rings is 2. The van der Waals surface area contributed by atoms with Crippen molar-refractivity contribution in [1.82, 2.24) is 4.90 Å². The lowest BCUT2D eigenvalue weighted by Crippen LogP contribution is -2.52. The first-order valence-corrected chi connectivity index (χ1v) is 7.99. The van der Waals surface area contributed by atoms with Crippen LogP contribution in [0.1, 0.15) is 24.1 Å². The molecule has 3 rings (SSSR count). The van der Waals surface area contributed by atoms with E-state index in [4.69, 9.17) is 9.47 Å². The third-order valence-electron chi connectivity index (χ3n) is 4.46. The average Bonchev–Trinajstić information content (AvgIpc) is 2.62. The van der Waals surface area contributed by atoms with Crippen LogP contribution < -0.4 is 4.74 Å². The molecule has 1 aliphatic heterocycles. The number of hydrogen-bond donors (Lipinski definition) is 1. The van der Waals surface area contributed by atoms with E-state index in [2.05, 4.69) is 11.8 Å². The average molecular weight is 313 g/mol. The van der Waals surface area contributed by atoms with E-state index < -0.39 is 5.79 Å². The second kappa shape index (κ2) is 6.71. The van der Waals surface area contributed by atoms with E-state index in [1.54, 1.807) is 7.11 Å². The zero-order chi connectivity index (χ0) is 16.3. The van der Waals surface area contributed by atoms with E-state index in [0.29, 0.717) is 6.61 Å². The lowest BCUT2D eigenvalue weighted by Gasteiger charge is -2.46. The molecule has 4 nitrogen and oxygen atoms in total. The highest BCUT2D eigenvalue weighted by atomic mass is 16.6. The number of aliphatic hydroxyl groups is 1. The molecule has 0 aliphatic carbocycles. The predicted molar refractivity (Wildman–Crippen MR) is 89.3 cm³/mol. The maximum absolute atomic E-state index is 11.4. The Hall–Kier alpha value is -1.88. The summed E-state index contributed by atoms with van der Waals surface area (Å²) in [7, 11) is 1.65. The summed E-state index contributed by atoms with van der Waals surface area (Å²) in [6.45, 7) is 4.25. The molecule has 0 amide bonds. The molecule has 122 valence electrons. The molecular formula is C19H23NO3. The van der Waals surface area contributed by atoms with Gasteiger partial charge in [-0.25, -0.2) is 0 Å². The first-order valence-electron chi connectivity index (χ1n) is 7.99. The number of morpholine rings is 1. The molecule has 2 atom stereocenters.